The first-order valence-electron chi connectivity index (χ1n) is 28.1. The molecule has 1 unspecified atom stereocenters. The quantitative estimate of drug-likeness (QED) is 0.0883. The van der Waals surface area contributed by atoms with E-state index in [1.54, 1.807) is 18.5 Å². The molecule has 6 aliphatic rings. The largest absolute Gasteiger partial charge is 0.508 e. The van der Waals surface area contributed by atoms with Crippen molar-refractivity contribution in [2.24, 2.45) is 13.0 Å². The Bertz CT molecular complexity index is 3450. The number of aromatic nitrogens is 5. The molecule has 21 heteroatoms. The van der Waals surface area contributed by atoms with Gasteiger partial charge in [0.1, 0.15) is 47.9 Å². The zero-order chi connectivity index (χ0) is 54.9. The van der Waals surface area contributed by atoms with Crippen molar-refractivity contribution >= 4 is 56.4 Å². The van der Waals surface area contributed by atoms with E-state index in [1.165, 1.54) is 45.5 Å². The number of imide groups is 1. The summed E-state index contributed by atoms with van der Waals surface area (Å²) in [7, 11) is 1.72. The van der Waals surface area contributed by atoms with Crippen molar-refractivity contribution in [2.45, 2.75) is 120 Å². The Hall–Kier alpha value is -6.87. The van der Waals surface area contributed by atoms with Crippen LogP contribution in [0.3, 0.4) is 0 Å². The number of fused-ring (bicyclic) bond motifs is 4. The zero-order valence-electron chi connectivity index (χ0n) is 44.6. The summed E-state index contributed by atoms with van der Waals surface area (Å²) in [6.45, 7) is 6.62. The van der Waals surface area contributed by atoms with Gasteiger partial charge in [0.25, 0.3) is 5.92 Å². The third-order valence-corrected chi connectivity index (χ3v) is 18.1. The van der Waals surface area contributed by atoms with Gasteiger partial charge >= 0.3 is 17.8 Å². The van der Waals surface area contributed by atoms with Gasteiger partial charge in [-0.1, -0.05) is 19.1 Å². The summed E-state index contributed by atoms with van der Waals surface area (Å²) in [6.07, 6.45) is 8.62. The van der Waals surface area contributed by atoms with Crippen LogP contribution in [0.5, 0.6) is 11.8 Å². The number of phenolic OH excluding ortho intramolecular Hbond substituents is 1. The highest BCUT2D eigenvalue weighted by Gasteiger charge is 2.50. The number of imidazole rings is 1. The lowest BCUT2D eigenvalue weighted by Crippen LogP contribution is -2.48. The molecule has 79 heavy (non-hydrogen) atoms. The Balaban J connectivity index is 0.664. The fourth-order valence-corrected chi connectivity index (χ4v) is 13.9. The predicted octanol–water partition coefficient (Wildman–Crippen LogP) is 8.36. The molecule has 3 amide bonds. The minimum Gasteiger partial charge on any atom is -0.508 e. The molecule has 3 aromatic carbocycles. The number of amides is 3. The molecule has 0 spiro atoms. The first-order valence-corrected chi connectivity index (χ1v) is 28.1. The lowest BCUT2D eigenvalue weighted by molar-refractivity contribution is -0.135. The van der Waals surface area contributed by atoms with Crippen LogP contribution in [0, 0.1) is 17.6 Å². The van der Waals surface area contributed by atoms with Crippen LogP contribution in [0.1, 0.15) is 107 Å². The van der Waals surface area contributed by atoms with E-state index in [9.17, 15) is 33.1 Å². The zero-order valence-corrected chi connectivity index (χ0v) is 44.6. The maximum atomic E-state index is 17.2. The molecule has 6 fully saturated rings. The van der Waals surface area contributed by atoms with Gasteiger partial charge in [-0.15, -0.1) is 0 Å². The van der Waals surface area contributed by atoms with Crippen molar-refractivity contribution in [3.8, 4) is 23.0 Å². The summed E-state index contributed by atoms with van der Waals surface area (Å²) in [6, 6.07) is 10.8. The molecule has 3 atom stereocenters. The molecular formula is C58H66F4N10O7. The topological polar surface area (TPSA) is 180 Å². The van der Waals surface area contributed by atoms with Crippen molar-refractivity contribution in [1.82, 2.24) is 44.1 Å². The summed E-state index contributed by atoms with van der Waals surface area (Å²) < 4.78 is 77.9. The van der Waals surface area contributed by atoms with Crippen molar-refractivity contribution in [2.75, 3.05) is 70.5 Å². The van der Waals surface area contributed by atoms with Crippen molar-refractivity contribution in [3.05, 3.63) is 81.9 Å². The Morgan fingerprint density at radius 1 is 0.886 bits per heavy atom. The highest BCUT2D eigenvalue weighted by Crippen LogP contribution is 2.44. The number of carbonyl (C=O) groups is 3. The molecule has 2 N–H and O–H groups in total. The molecule has 0 bridgehead atoms. The van der Waals surface area contributed by atoms with E-state index in [0.29, 0.717) is 53.2 Å². The number of aromatic hydroxyl groups is 1. The van der Waals surface area contributed by atoms with Gasteiger partial charge in [0.15, 0.2) is 5.82 Å². The Morgan fingerprint density at radius 3 is 2.46 bits per heavy atom. The van der Waals surface area contributed by atoms with E-state index in [2.05, 4.69) is 42.2 Å². The maximum Gasteiger partial charge on any atom is 0.409 e. The summed E-state index contributed by atoms with van der Waals surface area (Å²) in [5.74, 6) is -4.43. The second-order valence-electron chi connectivity index (χ2n) is 22.9. The molecule has 6 saturated heterocycles. The van der Waals surface area contributed by atoms with E-state index in [1.807, 2.05) is 11.0 Å². The normalized spacial score (nSPS) is 23.5. The molecule has 0 aliphatic carbocycles. The monoisotopic (exact) mass is 1090 g/mol. The van der Waals surface area contributed by atoms with Crippen LogP contribution in [-0.4, -0.2) is 145 Å². The third kappa shape index (κ3) is 9.92. The first kappa shape index (κ1) is 52.8. The number of phenols is 1. The predicted molar refractivity (Wildman–Crippen MR) is 287 cm³/mol. The van der Waals surface area contributed by atoms with Crippen LogP contribution >= 0.6 is 0 Å². The number of ether oxygens (including phenoxy) is 2. The number of hydrogen-bond acceptors (Lipinski definition) is 13. The van der Waals surface area contributed by atoms with Gasteiger partial charge in [-0.05, 0) is 154 Å². The molecule has 3 aromatic heterocycles. The second-order valence-corrected chi connectivity index (χ2v) is 22.9. The van der Waals surface area contributed by atoms with E-state index < -0.39 is 41.6 Å². The molecule has 0 saturated carbocycles. The van der Waals surface area contributed by atoms with Gasteiger partial charge in [0.05, 0.1) is 28.5 Å². The number of alkyl halides is 2. The number of nitrogens with zero attached hydrogens (tertiary/aromatic N) is 9. The van der Waals surface area contributed by atoms with Crippen LogP contribution in [0.15, 0.2) is 53.5 Å². The van der Waals surface area contributed by atoms with E-state index in [4.69, 9.17) is 9.47 Å². The maximum absolute atomic E-state index is 17.2. The van der Waals surface area contributed by atoms with E-state index in [-0.39, 0.29) is 109 Å². The van der Waals surface area contributed by atoms with Crippen LogP contribution in [0.4, 0.5) is 28.2 Å². The molecule has 12 rings (SSSR count). The number of halogens is 4. The molecular weight excluding hydrogens is 1020 g/mol. The van der Waals surface area contributed by atoms with Crippen molar-refractivity contribution < 1.29 is 46.5 Å². The van der Waals surface area contributed by atoms with Gasteiger partial charge < -0.3 is 29.3 Å². The van der Waals surface area contributed by atoms with Crippen LogP contribution in [-0.2, 0) is 27.8 Å². The third-order valence-electron chi connectivity index (χ3n) is 18.1. The average Bonchev–Trinajstić information content (AvgIpc) is 4.32. The summed E-state index contributed by atoms with van der Waals surface area (Å²) in [5.41, 5.74) is 2.03. The molecule has 17 nitrogen and oxygen atoms in total. The van der Waals surface area contributed by atoms with Crippen molar-refractivity contribution in [3.63, 3.8) is 0 Å². The van der Waals surface area contributed by atoms with Crippen LogP contribution < -0.4 is 20.6 Å². The number of anilines is 1. The van der Waals surface area contributed by atoms with Gasteiger partial charge in [-0.25, -0.2) is 27.2 Å². The first-order chi connectivity index (χ1) is 38.1. The van der Waals surface area contributed by atoms with Gasteiger partial charge in [0, 0.05) is 63.9 Å². The van der Waals surface area contributed by atoms with E-state index in [0.717, 1.165) is 83.1 Å². The SMILES string of the molecule is CCc1c(F)ccc2cc(O)cc(-c3ncc4c(N5CCCC(F)(F)C5)nc(OC[C@@]56CCCN5[C@H](COC(=O)N5CCC(CN7CCC(c8ccc9c(c8)n(C)c(=O)n9C8CCC(=O)NC8=O)CC7)CC5)CC6)nc4c3F)c12. The number of pyridine rings is 1. The summed E-state index contributed by atoms with van der Waals surface area (Å²) >= 11 is 0. The van der Waals surface area contributed by atoms with Gasteiger partial charge in [-0.3, -0.25) is 33.9 Å². The number of aryl methyl sites for hydroxylation is 2. The number of piperidine rings is 4. The lowest BCUT2D eigenvalue weighted by Gasteiger charge is -2.38. The lowest BCUT2D eigenvalue weighted by atomic mass is 9.88. The minimum absolute atomic E-state index is 0.0482. The number of nitrogens with one attached hydrogen (secondary N) is 1. The fourth-order valence-electron chi connectivity index (χ4n) is 13.9. The van der Waals surface area contributed by atoms with Crippen LogP contribution in [0.2, 0.25) is 0 Å². The molecule has 0 radical (unpaired) electrons. The molecule has 418 valence electrons. The minimum atomic E-state index is -3.00. The highest BCUT2D eigenvalue weighted by atomic mass is 19.3. The standard InChI is InChI=1S/C58H66F4N10O7/c1-3-40-43(59)8-6-37-26-39(73)28-41(48(37)40)50-49(60)51-42(29-63-50)52(70-20-5-18-58(61,62)32-70)66-54(65-51)79-33-57-17-4-21-71(57)38(12-19-57)31-78-56(77)69-24-13-34(14-25-69)30-68-22-15-35(16-23-68)36-7-9-44-46(27-36)67(2)55(76)72(44)45-10-11-47(74)64-53(45)75/h6-9,26-29,34-35,38,45,73H,3-5,10-25,30-33H2,1-2H3,(H,64,74,75)/t38-,45?,57-/m0/s1. The number of carbonyl (C=O) groups excluding carboxylic acids is 3. The van der Waals surface area contributed by atoms with Crippen LogP contribution in [0.25, 0.3) is 44.0 Å². The molecule has 6 aliphatic heterocycles. The molecule has 9 heterocycles. The molecule has 6 aromatic rings. The summed E-state index contributed by atoms with van der Waals surface area (Å²) in [5, 5.41) is 14.1. The number of rotatable bonds is 12. The average molecular weight is 1090 g/mol. The Kier molecular flexibility index (Phi) is 14.0. The van der Waals surface area contributed by atoms with Gasteiger partial charge in [0.2, 0.25) is 11.8 Å². The number of hydrogen-bond donors (Lipinski definition) is 2. The Labute approximate surface area is 453 Å². The fraction of sp³-hybridized carbons (Fsp3) is 0.534. The highest BCUT2D eigenvalue weighted by molar-refractivity contribution is 6.02. The Morgan fingerprint density at radius 2 is 1.68 bits per heavy atom. The second kappa shape index (κ2) is 21.0. The van der Waals surface area contributed by atoms with Gasteiger partial charge in [-0.2, -0.15) is 9.97 Å². The smallest absolute Gasteiger partial charge is 0.409 e. The summed E-state index contributed by atoms with van der Waals surface area (Å²) in [4.78, 5) is 73.2. The van der Waals surface area contributed by atoms with Crippen molar-refractivity contribution in [1.29, 1.82) is 0 Å². The number of benzene rings is 3. The van der Waals surface area contributed by atoms with E-state index >= 15 is 8.78 Å². The number of likely N-dealkylation sites (tertiary alicyclic amines) is 2.